The number of amides is 3. The summed E-state index contributed by atoms with van der Waals surface area (Å²) in [5.41, 5.74) is 5.83. The molecule has 3 amide bonds. The van der Waals surface area contributed by atoms with Gasteiger partial charge in [-0.05, 0) is 28.8 Å². The van der Waals surface area contributed by atoms with E-state index in [4.69, 9.17) is 4.99 Å². The fraction of sp³-hybridized carbons (Fsp3) is 0.185. The highest BCUT2D eigenvalue weighted by Crippen LogP contribution is 2.29. The predicted octanol–water partition coefficient (Wildman–Crippen LogP) is 4.03. The standard InChI is InChI=1S/C27H25BrN6O2/c1-32-24-23(25(35)34(27(32)36)18-21-10-6-3-7-11-21)33(17-20-8-4-2-5-9-20)26(30-24)31-29-16-19-12-14-22(28)15-13-19/h2-16,23-24H,17-18H2,1H3,(H,30,31)/b29-16+. The fourth-order valence-corrected chi connectivity index (χ4v) is 4.62. The van der Waals surface area contributed by atoms with Crippen LogP contribution in [0.2, 0.25) is 0 Å². The van der Waals surface area contributed by atoms with Crippen molar-refractivity contribution in [2.75, 3.05) is 7.05 Å². The molecular formula is C27H25BrN6O2. The van der Waals surface area contributed by atoms with Crippen molar-refractivity contribution in [3.8, 4) is 0 Å². The lowest BCUT2D eigenvalue weighted by Crippen LogP contribution is -2.64. The number of hydrogen-bond acceptors (Lipinski definition) is 6. The van der Waals surface area contributed by atoms with Gasteiger partial charge in [-0.25, -0.2) is 15.2 Å². The molecule has 8 nitrogen and oxygen atoms in total. The summed E-state index contributed by atoms with van der Waals surface area (Å²) in [6, 6.07) is 26.1. The molecule has 182 valence electrons. The number of nitrogens with zero attached hydrogens (tertiary/aromatic N) is 5. The number of imide groups is 1. The van der Waals surface area contributed by atoms with Gasteiger partial charge in [-0.1, -0.05) is 88.7 Å². The van der Waals surface area contributed by atoms with Gasteiger partial charge in [0.2, 0.25) is 5.96 Å². The Morgan fingerprint density at radius 3 is 2.17 bits per heavy atom. The van der Waals surface area contributed by atoms with Crippen molar-refractivity contribution in [1.82, 2.24) is 20.1 Å². The number of rotatable bonds is 6. The van der Waals surface area contributed by atoms with Gasteiger partial charge >= 0.3 is 6.03 Å². The third-order valence-corrected chi connectivity index (χ3v) is 6.75. The van der Waals surface area contributed by atoms with E-state index in [1.54, 1.807) is 13.3 Å². The van der Waals surface area contributed by atoms with E-state index in [1.165, 1.54) is 9.80 Å². The molecule has 0 saturated carbocycles. The van der Waals surface area contributed by atoms with Crippen molar-refractivity contribution in [3.05, 3.63) is 106 Å². The molecule has 0 aromatic heterocycles. The topological polar surface area (TPSA) is 80.6 Å². The van der Waals surface area contributed by atoms with Crippen LogP contribution < -0.4 is 5.43 Å². The smallest absolute Gasteiger partial charge is 0.321 e. The maximum Gasteiger partial charge on any atom is 0.328 e. The summed E-state index contributed by atoms with van der Waals surface area (Å²) in [6.45, 7) is 0.643. The third-order valence-electron chi connectivity index (χ3n) is 6.22. The highest BCUT2D eigenvalue weighted by Gasteiger charge is 2.52. The minimum Gasteiger partial charge on any atom is -0.321 e. The number of aliphatic imine (C=N–C) groups is 1. The van der Waals surface area contributed by atoms with E-state index >= 15 is 0 Å². The minimum absolute atomic E-state index is 0.204. The van der Waals surface area contributed by atoms with Crippen LogP contribution in [0.3, 0.4) is 0 Å². The molecule has 2 atom stereocenters. The number of nitrogens with one attached hydrogen (secondary N) is 1. The number of halogens is 1. The summed E-state index contributed by atoms with van der Waals surface area (Å²) in [5.74, 6) is 0.164. The molecule has 0 bridgehead atoms. The molecule has 5 rings (SSSR count). The zero-order valence-corrected chi connectivity index (χ0v) is 21.2. The van der Waals surface area contributed by atoms with Crippen LogP contribution in [0.25, 0.3) is 0 Å². The number of benzene rings is 3. The molecule has 2 heterocycles. The second-order valence-electron chi connectivity index (χ2n) is 8.65. The number of fused-ring (bicyclic) bond motifs is 1. The molecule has 36 heavy (non-hydrogen) atoms. The Bertz CT molecular complexity index is 1300. The van der Waals surface area contributed by atoms with Gasteiger partial charge in [-0.3, -0.25) is 9.69 Å². The monoisotopic (exact) mass is 544 g/mol. The van der Waals surface area contributed by atoms with Crippen LogP contribution in [0, 0.1) is 0 Å². The van der Waals surface area contributed by atoms with Crippen LogP contribution in [0.1, 0.15) is 16.7 Å². The number of hydrogen-bond donors (Lipinski definition) is 1. The van der Waals surface area contributed by atoms with Gasteiger partial charge in [0.15, 0.2) is 12.2 Å². The molecule has 0 radical (unpaired) electrons. The Kier molecular flexibility index (Phi) is 6.81. The zero-order chi connectivity index (χ0) is 25.1. The second-order valence-corrected chi connectivity index (χ2v) is 9.57. The fourth-order valence-electron chi connectivity index (χ4n) is 4.35. The Hall–Kier alpha value is -3.98. The average molecular weight is 545 g/mol. The van der Waals surface area contributed by atoms with Crippen molar-refractivity contribution >= 4 is 40.0 Å². The molecule has 3 aromatic carbocycles. The minimum atomic E-state index is -0.665. The summed E-state index contributed by atoms with van der Waals surface area (Å²) in [4.78, 5) is 36.4. The lowest BCUT2D eigenvalue weighted by Gasteiger charge is -2.41. The van der Waals surface area contributed by atoms with E-state index < -0.39 is 12.2 Å². The van der Waals surface area contributed by atoms with Crippen LogP contribution in [0.4, 0.5) is 4.79 Å². The molecule has 2 aliphatic rings. The summed E-state index contributed by atoms with van der Waals surface area (Å²) >= 11 is 3.43. The van der Waals surface area contributed by atoms with Crippen molar-refractivity contribution in [3.63, 3.8) is 0 Å². The largest absolute Gasteiger partial charge is 0.328 e. The van der Waals surface area contributed by atoms with Crippen LogP contribution in [-0.4, -0.2) is 58.1 Å². The first kappa shape index (κ1) is 23.7. The molecule has 1 N–H and O–H groups in total. The molecule has 1 saturated heterocycles. The van der Waals surface area contributed by atoms with E-state index in [0.29, 0.717) is 12.5 Å². The third kappa shape index (κ3) is 4.87. The van der Waals surface area contributed by atoms with E-state index in [2.05, 4.69) is 26.5 Å². The highest BCUT2D eigenvalue weighted by molar-refractivity contribution is 9.10. The van der Waals surface area contributed by atoms with E-state index in [1.807, 2.05) is 89.8 Å². The van der Waals surface area contributed by atoms with Gasteiger partial charge in [-0.2, -0.15) is 5.10 Å². The normalized spacial score (nSPS) is 19.6. The SMILES string of the molecule is CN1C(=O)N(Cc2ccccc2)C(=O)C2C1N=C(N/N=C/c1ccc(Br)cc1)N2Cc1ccccc1. The van der Waals surface area contributed by atoms with E-state index in [-0.39, 0.29) is 18.5 Å². The summed E-state index contributed by atoms with van der Waals surface area (Å²) in [7, 11) is 1.68. The van der Waals surface area contributed by atoms with Gasteiger partial charge in [0.1, 0.15) is 0 Å². The van der Waals surface area contributed by atoms with Crippen molar-refractivity contribution in [2.45, 2.75) is 25.3 Å². The lowest BCUT2D eigenvalue weighted by molar-refractivity contribution is -0.138. The number of carbonyl (C=O) groups is 2. The van der Waals surface area contributed by atoms with Gasteiger partial charge in [0.25, 0.3) is 5.91 Å². The maximum absolute atomic E-state index is 13.7. The Morgan fingerprint density at radius 1 is 0.917 bits per heavy atom. The van der Waals surface area contributed by atoms with Gasteiger partial charge < -0.3 is 9.80 Å². The number of guanidine groups is 1. The van der Waals surface area contributed by atoms with Crippen molar-refractivity contribution in [1.29, 1.82) is 0 Å². The number of carbonyl (C=O) groups excluding carboxylic acids is 2. The van der Waals surface area contributed by atoms with Crippen LogP contribution in [0.5, 0.6) is 0 Å². The van der Waals surface area contributed by atoms with Crippen molar-refractivity contribution < 1.29 is 9.59 Å². The molecular weight excluding hydrogens is 520 g/mol. The molecule has 2 aliphatic heterocycles. The average Bonchev–Trinajstić information content (AvgIpc) is 3.26. The molecule has 1 fully saturated rings. The second kappa shape index (κ2) is 10.3. The Balaban J connectivity index is 1.43. The summed E-state index contributed by atoms with van der Waals surface area (Å²) in [5, 5.41) is 4.37. The Morgan fingerprint density at radius 2 is 1.53 bits per heavy atom. The first-order chi connectivity index (χ1) is 17.5. The van der Waals surface area contributed by atoms with Crippen LogP contribution in [0.15, 0.2) is 99.5 Å². The van der Waals surface area contributed by atoms with E-state index in [9.17, 15) is 9.59 Å². The highest BCUT2D eigenvalue weighted by atomic mass is 79.9. The summed E-state index contributed by atoms with van der Waals surface area (Å²) in [6.07, 6.45) is 1.04. The van der Waals surface area contributed by atoms with Gasteiger partial charge in [-0.15, -0.1) is 0 Å². The predicted molar refractivity (Wildman–Crippen MR) is 142 cm³/mol. The van der Waals surface area contributed by atoms with Gasteiger partial charge in [0.05, 0.1) is 12.8 Å². The van der Waals surface area contributed by atoms with Crippen LogP contribution >= 0.6 is 15.9 Å². The molecule has 9 heteroatoms. The Labute approximate surface area is 218 Å². The van der Waals surface area contributed by atoms with Crippen molar-refractivity contribution in [2.24, 2.45) is 10.1 Å². The molecule has 0 aliphatic carbocycles. The number of likely N-dealkylation sites (N-methyl/N-ethyl adjacent to an activating group) is 1. The first-order valence-corrected chi connectivity index (χ1v) is 12.4. The quantitative estimate of drug-likeness (QED) is 0.375. The molecule has 0 spiro atoms. The zero-order valence-electron chi connectivity index (χ0n) is 19.7. The molecule has 2 unspecified atom stereocenters. The molecule has 3 aromatic rings. The maximum atomic E-state index is 13.7. The van der Waals surface area contributed by atoms with Gasteiger partial charge in [0, 0.05) is 18.1 Å². The lowest BCUT2D eigenvalue weighted by atomic mass is 10.1. The number of hydrazone groups is 1. The number of urea groups is 1. The van der Waals surface area contributed by atoms with E-state index in [0.717, 1.165) is 21.2 Å². The van der Waals surface area contributed by atoms with Crippen LogP contribution in [-0.2, 0) is 17.9 Å². The summed E-state index contributed by atoms with van der Waals surface area (Å²) < 4.78 is 0.983. The first-order valence-electron chi connectivity index (χ1n) is 11.6.